The molecule has 0 bridgehead atoms. The van der Waals surface area contributed by atoms with Crippen molar-refractivity contribution in [1.82, 2.24) is 0 Å². The molecule has 0 aromatic rings. The largest absolute Gasteiger partial charge is 0.371 e. The second-order valence-electron chi connectivity index (χ2n) is 4.07. The van der Waals surface area contributed by atoms with E-state index < -0.39 is 0 Å². The van der Waals surface area contributed by atoms with Gasteiger partial charge in [-0.25, -0.2) is 0 Å². The van der Waals surface area contributed by atoms with Gasteiger partial charge in [-0.2, -0.15) is 0 Å². The molecule has 2 N–H and O–H groups in total. The van der Waals surface area contributed by atoms with Crippen molar-refractivity contribution in [2.24, 2.45) is 11.7 Å². The van der Waals surface area contributed by atoms with Crippen molar-refractivity contribution in [3.05, 3.63) is 0 Å². The maximum Gasteiger partial charge on any atom is 0.0812 e. The monoisotopic (exact) mass is 157 g/mol. The lowest BCUT2D eigenvalue weighted by Gasteiger charge is -2.46. The molecule has 2 nitrogen and oxygen atoms in total. The molecule has 0 unspecified atom stereocenters. The van der Waals surface area contributed by atoms with Crippen LogP contribution in [0.2, 0.25) is 0 Å². The van der Waals surface area contributed by atoms with Crippen molar-refractivity contribution >= 4 is 0 Å². The molecular weight excluding hydrogens is 138 g/mol. The van der Waals surface area contributed by atoms with Crippen LogP contribution >= 0.6 is 0 Å². The molecule has 1 fully saturated rings. The molecule has 0 aromatic heterocycles. The number of hydrogen-bond donors (Lipinski definition) is 1. The summed E-state index contributed by atoms with van der Waals surface area (Å²) < 4.78 is 5.77. The first-order valence-electron chi connectivity index (χ1n) is 4.46. The first-order valence-corrected chi connectivity index (χ1v) is 4.46. The van der Waals surface area contributed by atoms with E-state index in [1.165, 1.54) is 0 Å². The van der Waals surface area contributed by atoms with Crippen molar-refractivity contribution in [3.63, 3.8) is 0 Å². The van der Waals surface area contributed by atoms with Gasteiger partial charge in [-0.3, -0.25) is 0 Å². The zero-order valence-electron chi connectivity index (χ0n) is 7.76. The predicted molar refractivity (Wildman–Crippen MR) is 46.4 cm³/mol. The lowest BCUT2D eigenvalue weighted by molar-refractivity contribution is -0.142. The van der Waals surface area contributed by atoms with E-state index in [1.54, 1.807) is 0 Å². The summed E-state index contributed by atoms with van der Waals surface area (Å²) in [6.07, 6.45) is 2.59. The molecule has 1 aliphatic rings. The van der Waals surface area contributed by atoms with Gasteiger partial charge in [-0.05, 0) is 32.6 Å². The van der Waals surface area contributed by atoms with Crippen LogP contribution in [0.1, 0.15) is 33.6 Å². The average molecular weight is 157 g/mol. The van der Waals surface area contributed by atoms with E-state index in [1.807, 2.05) is 0 Å². The van der Waals surface area contributed by atoms with Crippen LogP contribution in [0.25, 0.3) is 0 Å². The third-order valence-corrected chi connectivity index (χ3v) is 2.30. The van der Waals surface area contributed by atoms with Crippen LogP contribution in [-0.2, 0) is 4.74 Å². The predicted octanol–water partition coefficient (Wildman–Crippen LogP) is 1.54. The number of hydrogen-bond acceptors (Lipinski definition) is 2. The first-order chi connectivity index (χ1) is 5.08. The van der Waals surface area contributed by atoms with Gasteiger partial charge in [0.15, 0.2) is 0 Å². The highest BCUT2D eigenvalue weighted by Gasteiger charge is 2.42. The molecule has 0 aliphatic heterocycles. The number of nitrogens with two attached hydrogens (primary N) is 1. The minimum absolute atomic E-state index is 0.0353. The molecule has 0 saturated heterocycles. The second-order valence-corrected chi connectivity index (χ2v) is 4.07. The molecule has 0 aromatic carbocycles. The van der Waals surface area contributed by atoms with Gasteiger partial charge in [0, 0.05) is 6.54 Å². The Morgan fingerprint density at radius 1 is 1.55 bits per heavy atom. The highest BCUT2D eigenvalue weighted by Crippen LogP contribution is 2.40. The molecule has 0 atom stereocenters. The molecule has 1 aliphatic carbocycles. The van der Waals surface area contributed by atoms with Crippen LogP contribution in [0.5, 0.6) is 0 Å². The quantitative estimate of drug-likeness (QED) is 0.674. The summed E-state index contributed by atoms with van der Waals surface area (Å²) in [5, 5.41) is 0. The van der Waals surface area contributed by atoms with Gasteiger partial charge >= 0.3 is 0 Å². The summed E-state index contributed by atoms with van der Waals surface area (Å²) in [7, 11) is 0. The molecule has 66 valence electrons. The Kier molecular flexibility index (Phi) is 2.55. The van der Waals surface area contributed by atoms with Crippen LogP contribution in [0.15, 0.2) is 0 Å². The van der Waals surface area contributed by atoms with Crippen molar-refractivity contribution in [2.45, 2.75) is 45.3 Å². The zero-order chi connectivity index (χ0) is 8.48. The fourth-order valence-electron chi connectivity index (χ4n) is 2.02. The molecule has 2 heteroatoms. The third kappa shape index (κ3) is 1.94. The maximum atomic E-state index is 5.77. The highest BCUT2D eigenvalue weighted by atomic mass is 16.5. The zero-order valence-corrected chi connectivity index (χ0v) is 7.76. The Labute approximate surface area is 69.1 Å². The fraction of sp³-hybridized carbons (Fsp3) is 1.00. The van der Waals surface area contributed by atoms with Gasteiger partial charge in [0.25, 0.3) is 0 Å². The van der Waals surface area contributed by atoms with Gasteiger partial charge in [0.1, 0.15) is 0 Å². The van der Waals surface area contributed by atoms with Gasteiger partial charge < -0.3 is 10.5 Å². The molecule has 0 amide bonds. The van der Waals surface area contributed by atoms with Gasteiger partial charge in [-0.15, -0.1) is 0 Å². The van der Waals surface area contributed by atoms with Crippen LogP contribution in [0, 0.1) is 5.92 Å². The molecule has 0 heterocycles. The maximum absolute atomic E-state index is 5.77. The van der Waals surface area contributed by atoms with E-state index >= 15 is 0 Å². The number of rotatable bonds is 3. The van der Waals surface area contributed by atoms with E-state index in [9.17, 15) is 0 Å². The summed E-state index contributed by atoms with van der Waals surface area (Å²) in [6.45, 7) is 7.06. The van der Waals surface area contributed by atoms with E-state index in [4.69, 9.17) is 10.5 Å². The van der Waals surface area contributed by atoms with E-state index in [-0.39, 0.29) is 5.60 Å². The van der Waals surface area contributed by atoms with Crippen molar-refractivity contribution in [2.75, 3.05) is 6.54 Å². The lowest BCUT2D eigenvalue weighted by Crippen LogP contribution is -2.52. The van der Waals surface area contributed by atoms with Gasteiger partial charge in [-0.1, -0.05) is 6.92 Å². The second kappa shape index (κ2) is 3.11. The summed E-state index contributed by atoms with van der Waals surface area (Å²) >= 11 is 0. The molecular formula is C9H19NO. The summed E-state index contributed by atoms with van der Waals surface area (Å²) in [5.41, 5.74) is 5.69. The minimum atomic E-state index is 0.0353. The van der Waals surface area contributed by atoms with Crippen LogP contribution < -0.4 is 5.73 Å². The highest BCUT2D eigenvalue weighted by molar-refractivity contribution is 4.95. The normalized spacial score (nSPS) is 37.4. The Hall–Kier alpha value is -0.0800. The lowest BCUT2D eigenvalue weighted by atomic mass is 9.71. The van der Waals surface area contributed by atoms with Crippen LogP contribution in [0.4, 0.5) is 0 Å². The Morgan fingerprint density at radius 2 is 2.09 bits per heavy atom. The Bertz CT molecular complexity index is 128. The van der Waals surface area contributed by atoms with Crippen molar-refractivity contribution in [1.29, 1.82) is 0 Å². The van der Waals surface area contributed by atoms with E-state index in [0.29, 0.717) is 12.6 Å². The molecule has 1 saturated carbocycles. The first kappa shape index (κ1) is 9.01. The smallest absolute Gasteiger partial charge is 0.0812 e. The molecule has 0 radical (unpaired) electrons. The topological polar surface area (TPSA) is 35.2 Å². The Balaban J connectivity index is 2.38. The number of ether oxygens (including phenoxy) is 1. The third-order valence-electron chi connectivity index (χ3n) is 2.30. The fourth-order valence-corrected chi connectivity index (χ4v) is 2.02. The van der Waals surface area contributed by atoms with Crippen molar-refractivity contribution in [3.8, 4) is 0 Å². The van der Waals surface area contributed by atoms with E-state index in [2.05, 4.69) is 20.8 Å². The Morgan fingerprint density at radius 3 is 2.36 bits per heavy atom. The standard InChI is InChI=1S/C9H19NO/c1-7(2)11-9(6-10)4-8(3)5-9/h7-8H,4-6,10H2,1-3H3. The molecule has 11 heavy (non-hydrogen) atoms. The minimum Gasteiger partial charge on any atom is -0.371 e. The van der Waals surface area contributed by atoms with Gasteiger partial charge in [0.2, 0.25) is 0 Å². The van der Waals surface area contributed by atoms with Crippen molar-refractivity contribution < 1.29 is 4.74 Å². The molecule has 0 spiro atoms. The SMILES string of the molecule is CC1CC(CN)(OC(C)C)C1. The van der Waals surface area contributed by atoms with E-state index in [0.717, 1.165) is 18.8 Å². The average Bonchev–Trinajstić information content (AvgIpc) is 1.82. The summed E-state index contributed by atoms with van der Waals surface area (Å²) in [6, 6.07) is 0. The van der Waals surface area contributed by atoms with Gasteiger partial charge in [0.05, 0.1) is 11.7 Å². The van der Waals surface area contributed by atoms with Crippen LogP contribution in [0.3, 0.4) is 0 Å². The summed E-state index contributed by atoms with van der Waals surface area (Å²) in [4.78, 5) is 0. The summed E-state index contributed by atoms with van der Waals surface area (Å²) in [5.74, 6) is 0.803. The molecule has 1 rings (SSSR count). The van der Waals surface area contributed by atoms with Crippen LogP contribution in [-0.4, -0.2) is 18.2 Å².